The monoisotopic (exact) mass is 293 g/mol. The number of carboxylic acids is 1. The van der Waals surface area contributed by atoms with Gasteiger partial charge in [0.05, 0.1) is 5.56 Å². The molecule has 7 heteroatoms. The maximum Gasteiger partial charge on any atom is 0.416 e. The number of aliphatic carboxylic acids is 1. The van der Waals surface area contributed by atoms with Crippen molar-refractivity contribution in [3.63, 3.8) is 0 Å². The smallest absolute Gasteiger partial charge is 0.416 e. The van der Waals surface area contributed by atoms with Gasteiger partial charge in [0.25, 0.3) is 0 Å². The lowest BCUT2D eigenvalue weighted by Gasteiger charge is -2.14. The summed E-state index contributed by atoms with van der Waals surface area (Å²) in [5.41, 5.74) is 4.25. The van der Waals surface area contributed by atoms with Crippen LogP contribution in [0.1, 0.15) is 18.1 Å². The van der Waals surface area contributed by atoms with Crippen molar-refractivity contribution in [2.24, 2.45) is 5.73 Å². The molecule has 1 atom stereocenters. The topological polar surface area (TPSA) is 72.5 Å². The molecule has 0 saturated carbocycles. The van der Waals surface area contributed by atoms with Crippen LogP contribution in [0.25, 0.3) is 0 Å². The summed E-state index contributed by atoms with van der Waals surface area (Å²) < 4.78 is 42.1. The molecule has 0 bridgehead atoms. The molecule has 114 valence electrons. The zero-order chi connectivity index (χ0) is 15.8. The van der Waals surface area contributed by atoms with Crippen molar-refractivity contribution in [1.82, 2.24) is 0 Å². The number of halogens is 3. The number of benzene rings is 1. The van der Waals surface area contributed by atoms with Crippen LogP contribution in [0, 0.1) is 0 Å². The lowest BCUT2D eigenvalue weighted by atomic mass is 10.0. The Hall–Kier alpha value is -1.60. The van der Waals surface area contributed by atoms with Gasteiger partial charge in [-0.05, 0) is 25.0 Å². The third-order valence-electron chi connectivity index (χ3n) is 2.37. The predicted molar refractivity (Wildman–Crippen MR) is 68.3 cm³/mol. The summed E-state index contributed by atoms with van der Waals surface area (Å²) in [4.78, 5) is 10.5. The minimum absolute atomic E-state index is 0.107. The Morgan fingerprint density at radius 1 is 1.40 bits per heavy atom. The molecular formula is C13H18F3NO3. The quantitative estimate of drug-likeness (QED) is 0.893. The predicted octanol–water partition coefficient (Wildman–Crippen LogP) is 2.31. The van der Waals surface area contributed by atoms with Crippen LogP contribution >= 0.6 is 0 Å². The molecule has 0 radical (unpaired) electrons. The molecule has 1 rings (SSSR count). The summed E-state index contributed by atoms with van der Waals surface area (Å²) in [6, 6.07) is 3.47. The average Bonchev–Trinajstić information content (AvgIpc) is 2.38. The van der Waals surface area contributed by atoms with Crippen LogP contribution in [0.3, 0.4) is 0 Å². The van der Waals surface area contributed by atoms with Gasteiger partial charge in [0, 0.05) is 13.7 Å². The molecule has 1 aromatic rings. The minimum Gasteiger partial charge on any atom is -0.480 e. The first kappa shape index (κ1) is 18.4. The number of carbonyl (C=O) groups is 1. The summed E-state index contributed by atoms with van der Waals surface area (Å²) in [5, 5.41) is 8.53. The molecular weight excluding hydrogens is 275 g/mol. The number of hydrogen-bond donors (Lipinski definition) is 2. The Balaban J connectivity index is 0.000000796. The van der Waals surface area contributed by atoms with Crippen LogP contribution in [-0.4, -0.2) is 30.8 Å². The van der Waals surface area contributed by atoms with Crippen molar-refractivity contribution in [3.05, 3.63) is 35.4 Å². The van der Waals surface area contributed by atoms with Gasteiger partial charge >= 0.3 is 12.1 Å². The van der Waals surface area contributed by atoms with Crippen LogP contribution in [-0.2, 0) is 22.1 Å². The molecule has 3 N–H and O–H groups in total. The lowest BCUT2D eigenvalue weighted by Crippen LogP contribution is -2.33. The molecule has 0 amide bonds. The lowest BCUT2D eigenvalue weighted by molar-refractivity contribution is -0.140. The van der Waals surface area contributed by atoms with Crippen LogP contribution in [0.5, 0.6) is 0 Å². The summed E-state index contributed by atoms with van der Waals surface area (Å²) in [7, 11) is 1.68. The van der Waals surface area contributed by atoms with Crippen molar-refractivity contribution in [2.45, 2.75) is 25.6 Å². The number of alkyl halides is 3. The van der Waals surface area contributed by atoms with Gasteiger partial charge in [0.1, 0.15) is 6.04 Å². The van der Waals surface area contributed by atoms with Crippen molar-refractivity contribution >= 4 is 5.97 Å². The Labute approximate surface area is 115 Å². The van der Waals surface area contributed by atoms with E-state index in [0.29, 0.717) is 0 Å². The fraction of sp³-hybridized carbons (Fsp3) is 0.462. The molecule has 20 heavy (non-hydrogen) atoms. The largest absolute Gasteiger partial charge is 0.480 e. The molecule has 0 unspecified atom stereocenters. The number of carboxylic acid groups (broad SMARTS) is 1. The minimum atomic E-state index is -4.49. The fourth-order valence-corrected chi connectivity index (χ4v) is 1.30. The van der Waals surface area contributed by atoms with E-state index in [9.17, 15) is 18.0 Å². The molecule has 0 aliphatic heterocycles. The molecule has 0 heterocycles. The maximum absolute atomic E-state index is 12.5. The van der Waals surface area contributed by atoms with Gasteiger partial charge in [0.2, 0.25) is 0 Å². The van der Waals surface area contributed by atoms with E-state index in [-0.39, 0.29) is 12.0 Å². The Morgan fingerprint density at radius 3 is 2.30 bits per heavy atom. The molecule has 0 aromatic heterocycles. The molecule has 0 saturated heterocycles. The normalized spacial score (nSPS) is 12.3. The van der Waals surface area contributed by atoms with Gasteiger partial charge in [-0.2, -0.15) is 13.2 Å². The number of methoxy groups -OCH3 is 1. The SMILES string of the molecule is CCOC.N[C@H](Cc1ccccc1C(F)(F)F)C(=O)O. The summed E-state index contributed by atoms with van der Waals surface area (Å²) in [5.74, 6) is -1.32. The second kappa shape index (κ2) is 8.55. The second-order valence-electron chi connectivity index (χ2n) is 3.88. The van der Waals surface area contributed by atoms with E-state index in [1.54, 1.807) is 7.11 Å². The van der Waals surface area contributed by atoms with Crippen molar-refractivity contribution in [3.8, 4) is 0 Å². The van der Waals surface area contributed by atoms with Gasteiger partial charge in [-0.3, -0.25) is 4.79 Å². The standard InChI is InChI=1S/C10H10F3NO2.C3H8O/c11-10(12,13)7-4-2-1-3-6(7)5-8(14)9(15)16;1-3-4-2/h1-4,8H,5,14H2,(H,15,16);3H2,1-2H3/t8-;/m1./s1. The molecule has 0 fully saturated rings. The third-order valence-corrected chi connectivity index (χ3v) is 2.37. The second-order valence-corrected chi connectivity index (χ2v) is 3.88. The summed E-state index contributed by atoms with van der Waals surface area (Å²) in [6.45, 7) is 2.78. The first-order chi connectivity index (χ1) is 9.23. The van der Waals surface area contributed by atoms with Crippen LogP contribution in [0.15, 0.2) is 24.3 Å². The van der Waals surface area contributed by atoms with E-state index in [0.717, 1.165) is 12.7 Å². The average molecular weight is 293 g/mol. The van der Waals surface area contributed by atoms with E-state index in [1.807, 2.05) is 6.92 Å². The molecule has 0 aliphatic carbocycles. The number of ether oxygens (including phenoxy) is 1. The molecule has 1 aromatic carbocycles. The first-order valence-electron chi connectivity index (χ1n) is 5.86. The highest BCUT2D eigenvalue weighted by Gasteiger charge is 2.33. The van der Waals surface area contributed by atoms with Crippen molar-refractivity contribution in [1.29, 1.82) is 0 Å². The van der Waals surface area contributed by atoms with Gasteiger partial charge < -0.3 is 15.6 Å². The van der Waals surface area contributed by atoms with Crippen LogP contribution < -0.4 is 5.73 Å². The van der Waals surface area contributed by atoms with Crippen LogP contribution in [0.2, 0.25) is 0 Å². The number of rotatable bonds is 4. The summed E-state index contributed by atoms with van der Waals surface area (Å²) in [6.07, 6.45) is -4.83. The molecule has 0 spiro atoms. The number of hydrogen-bond acceptors (Lipinski definition) is 3. The van der Waals surface area contributed by atoms with E-state index in [4.69, 9.17) is 10.8 Å². The van der Waals surface area contributed by atoms with Crippen molar-refractivity contribution in [2.75, 3.05) is 13.7 Å². The van der Waals surface area contributed by atoms with E-state index < -0.39 is 23.8 Å². The Bertz CT molecular complexity index is 420. The third kappa shape index (κ3) is 6.53. The highest BCUT2D eigenvalue weighted by atomic mass is 19.4. The van der Waals surface area contributed by atoms with Gasteiger partial charge in [0.15, 0.2) is 0 Å². The van der Waals surface area contributed by atoms with E-state index in [1.165, 1.54) is 18.2 Å². The molecule has 4 nitrogen and oxygen atoms in total. The zero-order valence-electron chi connectivity index (χ0n) is 11.3. The van der Waals surface area contributed by atoms with Gasteiger partial charge in [-0.25, -0.2) is 0 Å². The maximum atomic E-state index is 12.5. The zero-order valence-corrected chi connectivity index (χ0v) is 11.3. The first-order valence-corrected chi connectivity index (χ1v) is 5.86. The fourth-order valence-electron chi connectivity index (χ4n) is 1.30. The highest BCUT2D eigenvalue weighted by Crippen LogP contribution is 2.32. The highest BCUT2D eigenvalue weighted by molar-refractivity contribution is 5.73. The summed E-state index contributed by atoms with van der Waals surface area (Å²) >= 11 is 0. The van der Waals surface area contributed by atoms with E-state index in [2.05, 4.69) is 4.74 Å². The molecule has 0 aliphatic rings. The Kier molecular flexibility index (Phi) is 7.86. The Morgan fingerprint density at radius 2 is 1.90 bits per heavy atom. The van der Waals surface area contributed by atoms with Gasteiger partial charge in [-0.1, -0.05) is 18.2 Å². The van der Waals surface area contributed by atoms with Gasteiger partial charge in [-0.15, -0.1) is 0 Å². The number of nitrogens with two attached hydrogens (primary N) is 1. The van der Waals surface area contributed by atoms with Crippen molar-refractivity contribution < 1.29 is 27.8 Å². The van der Waals surface area contributed by atoms with E-state index >= 15 is 0 Å². The van der Waals surface area contributed by atoms with Crippen LogP contribution in [0.4, 0.5) is 13.2 Å².